The van der Waals surface area contributed by atoms with Crippen molar-refractivity contribution in [3.8, 4) is 41.6 Å². The summed E-state index contributed by atoms with van der Waals surface area (Å²) in [7, 11) is 4.38. The van der Waals surface area contributed by atoms with E-state index >= 15 is 0 Å². The van der Waals surface area contributed by atoms with E-state index in [1.807, 2.05) is 24.3 Å². The Hall–Kier alpha value is -4.30. The molecule has 2 aromatic carbocycles. The van der Waals surface area contributed by atoms with Crippen LogP contribution in [0.15, 0.2) is 36.4 Å². The number of terminal acetylenes is 1. The van der Waals surface area contributed by atoms with E-state index < -0.39 is 5.97 Å². The second-order valence-electron chi connectivity index (χ2n) is 7.24. The maximum Gasteiger partial charge on any atom is 0.340 e. The van der Waals surface area contributed by atoms with Gasteiger partial charge in [-0.2, -0.15) is 0 Å². The van der Waals surface area contributed by atoms with Crippen LogP contribution in [0.1, 0.15) is 29.3 Å². The van der Waals surface area contributed by atoms with Crippen LogP contribution in [0.4, 0.5) is 5.69 Å². The highest BCUT2D eigenvalue weighted by molar-refractivity contribution is 5.96. The van der Waals surface area contributed by atoms with E-state index in [0.29, 0.717) is 35.9 Å². The highest BCUT2D eigenvalue weighted by atomic mass is 16.5. The number of nitrogens with one attached hydrogen (secondary N) is 1. The molecular weight excluding hydrogens is 448 g/mol. The average molecular weight is 479 g/mol. The van der Waals surface area contributed by atoms with Gasteiger partial charge in [0.05, 0.1) is 52.2 Å². The quantitative estimate of drug-likeness (QED) is 0.217. The Morgan fingerprint density at radius 3 is 2.54 bits per heavy atom. The molecule has 0 radical (unpaired) electrons. The molecule has 0 aliphatic carbocycles. The van der Waals surface area contributed by atoms with Crippen molar-refractivity contribution in [2.45, 2.75) is 19.8 Å². The SMILES string of the molecule is C#CCNc1cc(OC)c(OCCCN(C#CC)C(=O)Cc2cccc(OC)c2)cc1C(=O)OC. The molecule has 0 saturated heterocycles. The van der Waals surface area contributed by atoms with Crippen molar-refractivity contribution in [1.29, 1.82) is 0 Å². The Balaban J connectivity index is 2.05. The molecule has 2 rings (SSSR count). The summed E-state index contributed by atoms with van der Waals surface area (Å²) in [6, 6.07) is 13.4. The van der Waals surface area contributed by atoms with Gasteiger partial charge in [0.1, 0.15) is 5.75 Å². The van der Waals surface area contributed by atoms with Crippen LogP contribution in [0.2, 0.25) is 0 Å². The van der Waals surface area contributed by atoms with E-state index in [-0.39, 0.29) is 31.0 Å². The molecule has 0 unspecified atom stereocenters. The van der Waals surface area contributed by atoms with Crippen molar-refractivity contribution in [2.24, 2.45) is 0 Å². The van der Waals surface area contributed by atoms with E-state index in [1.54, 1.807) is 26.2 Å². The summed E-state index contributed by atoms with van der Waals surface area (Å²) in [5.74, 6) is 6.07. The van der Waals surface area contributed by atoms with Crippen LogP contribution in [0.5, 0.6) is 17.2 Å². The fourth-order valence-electron chi connectivity index (χ4n) is 3.24. The van der Waals surface area contributed by atoms with Crippen LogP contribution in [-0.4, -0.2) is 57.8 Å². The fraction of sp³-hybridized carbons (Fsp3) is 0.333. The number of nitrogens with zero attached hydrogens (tertiary/aromatic N) is 1. The van der Waals surface area contributed by atoms with Crippen LogP contribution in [0.3, 0.4) is 0 Å². The van der Waals surface area contributed by atoms with E-state index in [9.17, 15) is 9.59 Å². The smallest absolute Gasteiger partial charge is 0.340 e. The predicted molar refractivity (Wildman–Crippen MR) is 134 cm³/mol. The lowest BCUT2D eigenvalue weighted by Gasteiger charge is -2.18. The molecule has 0 spiro atoms. The van der Waals surface area contributed by atoms with Gasteiger partial charge >= 0.3 is 5.97 Å². The van der Waals surface area contributed by atoms with E-state index in [2.05, 4.69) is 23.2 Å². The van der Waals surface area contributed by atoms with Gasteiger partial charge in [-0.15, -0.1) is 6.42 Å². The van der Waals surface area contributed by atoms with E-state index in [1.165, 1.54) is 19.1 Å². The molecule has 1 N–H and O–H groups in total. The van der Waals surface area contributed by atoms with Gasteiger partial charge in [0.25, 0.3) is 0 Å². The molecule has 2 aromatic rings. The van der Waals surface area contributed by atoms with Crippen molar-refractivity contribution in [3.63, 3.8) is 0 Å². The topological polar surface area (TPSA) is 86.3 Å². The van der Waals surface area contributed by atoms with Gasteiger partial charge in [-0.05, 0) is 24.6 Å². The van der Waals surface area contributed by atoms with Crippen LogP contribution < -0.4 is 19.5 Å². The number of amides is 1. The van der Waals surface area contributed by atoms with Crippen LogP contribution >= 0.6 is 0 Å². The molecular formula is C27H30N2O6. The highest BCUT2D eigenvalue weighted by Crippen LogP contribution is 2.34. The Kier molecular flexibility index (Phi) is 10.8. The molecule has 0 aromatic heterocycles. The lowest BCUT2D eigenvalue weighted by Crippen LogP contribution is -2.29. The molecule has 0 fully saturated rings. The highest BCUT2D eigenvalue weighted by Gasteiger charge is 2.18. The lowest BCUT2D eigenvalue weighted by molar-refractivity contribution is -0.127. The maximum atomic E-state index is 12.8. The minimum absolute atomic E-state index is 0.123. The zero-order chi connectivity index (χ0) is 25.6. The molecule has 8 nitrogen and oxygen atoms in total. The van der Waals surface area contributed by atoms with Crippen molar-refractivity contribution in [1.82, 2.24) is 4.90 Å². The second-order valence-corrected chi connectivity index (χ2v) is 7.24. The van der Waals surface area contributed by atoms with Gasteiger partial charge in [-0.25, -0.2) is 4.79 Å². The molecule has 0 aliphatic heterocycles. The number of anilines is 1. The van der Waals surface area contributed by atoms with Crippen molar-refractivity contribution >= 4 is 17.6 Å². The number of hydrogen-bond acceptors (Lipinski definition) is 7. The first-order valence-corrected chi connectivity index (χ1v) is 10.9. The second kappa shape index (κ2) is 14.1. The van der Waals surface area contributed by atoms with E-state index in [0.717, 1.165) is 5.56 Å². The number of methoxy groups -OCH3 is 3. The van der Waals surface area contributed by atoms with Crippen LogP contribution in [-0.2, 0) is 16.0 Å². The molecule has 8 heteroatoms. The molecule has 0 saturated carbocycles. The minimum atomic E-state index is -0.537. The molecule has 0 bridgehead atoms. The summed E-state index contributed by atoms with van der Waals surface area (Å²) in [5, 5.41) is 2.98. The Morgan fingerprint density at radius 2 is 1.89 bits per heavy atom. The number of carbonyl (C=O) groups excluding carboxylic acids is 2. The third kappa shape index (κ3) is 7.90. The first-order valence-electron chi connectivity index (χ1n) is 10.9. The van der Waals surface area contributed by atoms with Crippen molar-refractivity contribution in [3.05, 3.63) is 47.5 Å². The first-order chi connectivity index (χ1) is 17.0. The zero-order valence-electron chi connectivity index (χ0n) is 20.5. The number of esters is 1. The van der Waals surface area contributed by atoms with Crippen molar-refractivity contribution < 1.29 is 28.5 Å². The Labute approximate surface area is 206 Å². The summed E-state index contributed by atoms with van der Waals surface area (Å²) in [6.45, 7) is 2.54. The summed E-state index contributed by atoms with van der Waals surface area (Å²) >= 11 is 0. The third-order valence-corrected chi connectivity index (χ3v) is 4.91. The number of rotatable bonds is 12. The molecule has 1 amide bonds. The minimum Gasteiger partial charge on any atom is -0.497 e. The van der Waals surface area contributed by atoms with Gasteiger partial charge in [0.2, 0.25) is 5.91 Å². The monoisotopic (exact) mass is 478 g/mol. The van der Waals surface area contributed by atoms with Crippen LogP contribution in [0.25, 0.3) is 0 Å². The van der Waals surface area contributed by atoms with E-state index in [4.69, 9.17) is 25.4 Å². The van der Waals surface area contributed by atoms with Gasteiger partial charge in [0, 0.05) is 31.1 Å². The number of benzene rings is 2. The summed E-state index contributed by atoms with van der Waals surface area (Å²) in [6.07, 6.45) is 6.02. The van der Waals surface area contributed by atoms with Gasteiger partial charge in [0.15, 0.2) is 11.5 Å². The largest absolute Gasteiger partial charge is 0.497 e. The predicted octanol–water partition coefficient (Wildman–Crippen LogP) is 3.36. The van der Waals surface area contributed by atoms with Crippen molar-refractivity contribution in [2.75, 3.05) is 46.3 Å². The molecule has 0 aliphatic rings. The fourth-order valence-corrected chi connectivity index (χ4v) is 3.24. The first kappa shape index (κ1) is 26.9. The number of hydrogen-bond donors (Lipinski definition) is 1. The Morgan fingerprint density at radius 1 is 1.09 bits per heavy atom. The molecule has 0 atom stereocenters. The standard InChI is InChI=1S/C27H30N2O6/c1-6-12-28-23-19-24(33-4)25(18-22(23)27(31)34-5)35-15-9-14-29(13-7-2)26(30)17-20-10-8-11-21(16-20)32-3/h1,8,10-11,16,18-19,28H,9,12,14-15,17H2,2-5H3. The Bertz CT molecular complexity index is 1130. The summed E-state index contributed by atoms with van der Waals surface area (Å²) in [5.41, 5.74) is 1.59. The third-order valence-electron chi connectivity index (χ3n) is 4.91. The molecule has 184 valence electrons. The van der Waals surface area contributed by atoms with Gasteiger partial charge in [-0.3, -0.25) is 9.69 Å². The number of ether oxygens (including phenoxy) is 4. The maximum absolute atomic E-state index is 12.8. The zero-order valence-corrected chi connectivity index (χ0v) is 20.5. The van der Waals surface area contributed by atoms with Gasteiger partial charge < -0.3 is 24.3 Å². The average Bonchev–Trinajstić information content (AvgIpc) is 2.88. The molecule has 35 heavy (non-hydrogen) atoms. The van der Waals surface area contributed by atoms with Gasteiger partial charge in [-0.1, -0.05) is 24.0 Å². The number of carbonyl (C=O) groups is 2. The lowest BCUT2D eigenvalue weighted by atomic mass is 10.1. The van der Waals surface area contributed by atoms with Crippen LogP contribution in [0, 0.1) is 24.3 Å². The summed E-state index contributed by atoms with van der Waals surface area (Å²) < 4.78 is 21.4. The summed E-state index contributed by atoms with van der Waals surface area (Å²) in [4.78, 5) is 26.5. The molecule has 0 heterocycles. The normalized spacial score (nSPS) is 9.69.